The highest BCUT2D eigenvalue weighted by Crippen LogP contribution is 2.18. The van der Waals surface area contributed by atoms with Crippen molar-refractivity contribution in [2.75, 3.05) is 5.32 Å². The van der Waals surface area contributed by atoms with Gasteiger partial charge in [0.05, 0.1) is 12.1 Å². The molecule has 2 aromatic carbocycles. The molecule has 6 heteroatoms. The van der Waals surface area contributed by atoms with Crippen LogP contribution in [0.5, 0.6) is 0 Å². The molecule has 0 spiro atoms. The van der Waals surface area contributed by atoms with Gasteiger partial charge in [-0.2, -0.15) is 0 Å². The molecule has 0 saturated heterocycles. The van der Waals surface area contributed by atoms with Crippen molar-refractivity contribution in [3.05, 3.63) is 59.5 Å². The smallest absolute Gasteiger partial charge is 0.228 e. The maximum Gasteiger partial charge on any atom is 0.228 e. The van der Waals surface area contributed by atoms with E-state index >= 15 is 0 Å². The van der Waals surface area contributed by atoms with Gasteiger partial charge in [0.1, 0.15) is 17.2 Å². The van der Waals surface area contributed by atoms with Crippen LogP contribution >= 0.6 is 0 Å². The highest BCUT2D eigenvalue weighted by Gasteiger charge is 2.10. The van der Waals surface area contributed by atoms with Gasteiger partial charge in [-0.15, -0.1) is 0 Å². The van der Waals surface area contributed by atoms with Crippen LogP contribution in [0.1, 0.15) is 11.5 Å². The quantitative estimate of drug-likeness (QED) is 0.804. The number of benzene rings is 2. The third-order valence-corrected chi connectivity index (χ3v) is 3.13. The monoisotopic (exact) mass is 302 g/mol. The average molecular weight is 302 g/mol. The Morgan fingerprint density at radius 3 is 2.82 bits per heavy atom. The second-order valence-electron chi connectivity index (χ2n) is 4.88. The zero-order chi connectivity index (χ0) is 15.7. The maximum atomic E-state index is 13.5. The van der Waals surface area contributed by atoms with Gasteiger partial charge in [0, 0.05) is 13.0 Å². The molecule has 112 valence electrons. The number of fused-ring (bicyclic) bond motifs is 1. The van der Waals surface area contributed by atoms with Crippen molar-refractivity contribution >= 4 is 22.7 Å². The van der Waals surface area contributed by atoms with Crippen LogP contribution in [0, 0.1) is 18.6 Å². The summed E-state index contributed by atoms with van der Waals surface area (Å²) in [5.74, 6) is -1.35. The number of aryl methyl sites for hydroxylation is 1. The molecule has 1 amide bonds. The number of aromatic nitrogens is 1. The van der Waals surface area contributed by atoms with Crippen molar-refractivity contribution in [2.24, 2.45) is 0 Å². The van der Waals surface area contributed by atoms with Crippen LogP contribution in [-0.4, -0.2) is 10.9 Å². The summed E-state index contributed by atoms with van der Waals surface area (Å²) in [4.78, 5) is 16.1. The fraction of sp³-hybridized carbons (Fsp3) is 0.125. The SMILES string of the molecule is Cc1nc2cc(CC(=O)Nc3ccc(F)cc3F)ccc2o1. The molecule has 1 heterocycles. The number of rotatable bonds is 3. The first-order valence-corrected chi connectivity index (χ1v) is 6.62. The maximum absolute atomic E-state index is 13.5. The lowest BCUT2D eigenvalue weighted by atomic mass is 10.1. The number of carbonyl (C=O) groups is 1. The van der Waals surface area contributed by atoms with Gasteiger partial charge in [-0.05, 0) is 29.8 Å². The van der Waals surface area contributed by atoms with Gasteiger partial charge < -0.3 is 9.73 Å². The molecule has 0 radical (unpaired) electrons. The fourth-order valence-electron chi connectivity index (χ4n) is 2.17. The van der Waals surface area contributed by atoms with E-state index in [0.717, 1.165) is 17.7 Å². The van der Waals surface area contributed by atoms with Crippen LogP contribution in [0.4, 0.5) is 14.5 Å². The lowest BCUT2D eigenvalue weighted by molar-refractivity contribution is -0.115. The van der Waals surface area contributed by atoms with Crippen molar-refractivity contribution in [2.45, 2.75) is 13.3 Å². The molecular weight excluding hydrogens is 290 g/mol. The van der Waals surface area contributed by atoms with Gasteiger partial charge in [-0.25, -0.2) is 13.8 Å². The number of nitrogens with one attached hydrogen (secondary N) is 1. The molecule has 4 nitrogen and oxygen atoms in total. The van der Waals surface area contributed by atoms with E-state index in [1.54, 1.807) is 25.1 Å². The summed E-state index contributed by atoms with van der Waals surface area (Å²) in [5.41, 5.74) is 1.98. The Morgan fingerprint density at radius 1 is 1.23 bits per heavy atom. The molecule has 0 fully saturated rings. The topological polar surface area (TPSA) is 55.1 Å². The van der Waals surface area contributed by atoms with Crippen molar-refractivity contribution in [1.82, 2.24) is 4.98 Å². The van der Waals surface area contributed by atoms with Crippen molar-refractivity contribution < 1.29 is 18.0 Å². The zero-order valence-electron chi connectivity index (χ0n) is 11.7. The first-order chi connectivity index (χ1) is 10.5. The number of hydrogen-bond donors (Lipinski definition) is 1. The Labute approximate surface area is 124 Å². The number of nitrogens with zero attached hydrogens (tertiary/aromatic N) is 1. The number of carbonyl (C=O) groups excluding carboxylic acids is 1. The van der Waals surface area contributed by atoms with Crippen molar-refractivity contribution in [1.29, 1.82) is 0 Å². The summed E-state index contributed by atoms with van der Waals surface area (Å²) in [7, 11) is 0. The lowest BCUT2D eigenvalue weighted by Crippen LogP contribution is -2.15. The molecule has 22 heavy (non-hydrogen) atoms. The van der Waals surface area contributed by atoms with Gasteiger partial charge in [0.15, 0.2) is 11.5 Å². The molecule has 0 aliphatic carbocycles. The summed E-state index contributed by atoms with van der Waals surface area (Å²) in [6, 6.07) is 8.21. The van der Waals surface area contributed by atoms with Gasteiger partial charge >= 0.3 is 0 Å². The molecule has 0 aliphatic heterocycles. The normalized spacial score (nSPS) is 10.9. The van der Waals surface area contributed by atoms with E-state index in [1.807, 2.05) is 0 Å². The highest BCUT2D eigenvalue weighted by atomic mass is 19.1. The van der Waals surface area contributed by atoms with Gasteiger partial charge in [0.2, 0.25) is 5.91 Å². The fourth-order valence-corrected chi connectivity index (χ4v) is 2.17. The van der Waals surface area contributed by atoms with E-state index < -0.39 is 17.5 Å². The van der Waals surface area contributed by atoms with E-state index in [0.29, 0.717) is 17.0 Å². The lowest BCUT2D eigenvalue weighted by Gasteiger charge is -2.06. The Hall–Kier alpha value is -2.76. The van der Waals surface area contributed by atoms with Crippen LogP contribution in [-0.2, 0) is 11.2 Å². The number of halogens is 2. The van der Waals surface area contributed by atoms with E-state index in [-0.39, 0.29) is 12.1 Å². The highest BCUT2D eigenvalue weighted by molar-refractivity contribution is 5.92. The third-order valence-electron chi connectivity index (χ3n) is 3.13. The largest absolute Gasteiger partial charge is 0.441 e. The molecule has 0 atom stereocenters. The molecule has 0 bridgehead atoms. The third kappa shape index (κ3) is 2.95. The summed E-state index contributed by atoms with van der Waals surface area (Å²) >= 11 is 0. The molecule has 0 aliphatic rings. The molecule has 1 aromatic heterocycles. The number of hydrogen-bond acceptors (Lipinski definition) is 3. The van der Waals surface area contributed by atoms with Gasteiger partial charge in [-0.3, -0.25) is 4.79 Å². The number of amides is 1. The average Bonchev–Trinajstić information content (AvgIpc) is 2.81. The van der Waals surface area contributed by atoms with Crippen molar-refractivity contribution in [3.63, 3.8) is 0 Å². The Morgan fingerprint density at radius 2 is 2.05 bits per heavy atom. The van der Waals surface area contributed by atoms with E-state index in [1.165, 1.54) is 6.07 Å². The van der Waals surface area contributed by atoms with E-state index in [2.05, 4.69) is 10.3 Å². The second kappa shape index (κ2) is 5.55. The second-order valence-corrected chi connectivity index (χ2v) is 4.88. The predicted octanol–water partition coefficient (Wildman–Crippen LogP) is 3.60. The summed E-state index contributed by atoms with van der Waals surface area (Å²) in [6.45, 7) is 1.74. The minimum absolute atomic E-state index is 0.0511. The van der Waals surface area contributed by atoms with Crippen LogP contribution in [0.25, 0.3) is 11.1 Å². The number of oxazole rings is 1. The van der Waals surface area contributed by atoms with Crippen LogP contribution in [0.15, 0.2) is 40.8 Å². The summed E-state index contributed by atoms with van der Waals surface area (Å²) < 4.78 is 31.7. The molecule has 0 unspecified atom stereocenters. The molecule has 0 saturated carbocycles. The first-order valence-electron chi connectivity index (χ1n) is 6.62. The Bertz CT molecular complexity index is 858. The van der Waals surface area contributed by atoms with E-state index in [9.17, 15) is 13.6 Å². The van der Waals surface area contributed by atoms with Gasteiger partial charge in [-0.1, -0.05) is 6.07 Å². The summed E-state index contributed by atoms with van der Waals surface area (Å²) in [5, 5.41) is 2.41. The van der Waals surface area contributed by atoms with Crippen molar-refractivity contribution in [3.8, 4) is 0 Å². The molecule has 3 aromatic rings. The Kier molecular flexibility index (Phi) is 3.58. The minimum atomic E-state index is -0.809. The van der Waals surface area contributed by atoms with E-state index in [4.69, 9.17) is 4.42 Å². The molecular formula is C16H12F2N2O2. The zero-order valence-corrected chi connectivity index (χ0v) is 11.7. The molecule has 3 rings (SSSR count). The minimum Gasteiger partial charge on any atom is -0.441 e. The Balaban J connectivity index is 1.74. The predicted molar refractivity (Wildman–Crippen MR) is 77.4 cm³/mol. The number of anilines is 1. The van der Waals surface area contributed by atoms with Crippen LogP contribution in [0.2, 0.25) is 0 Å². The van der Waals surface area contributed by atoms with Gasteiger partial charge in [0.25, 0.3) is 0 Å². The van der Waals surface area contributed by atoms with Crippen LogP contribution in [0.3, 0.4) is 0 Å². The summed E-state index contributed by atoms with van der Waals surface area (Å²) in [6.07, 6.45) is 0.0542. The first kappa shape index (κ1) is 14.2. The molecule has 1 N–H and O–H groups in total. The standard InChI is InChI=1S/C16H12F2N2O2/c1-9-19-14-6-10(2-5-15(14)22-9)7-16(21)20-13-4-3-11(17)8-12(13)18/h2-6,8H,7H2,1H3,(H,20,21). The van der Waals surface area contributed by atoms with Crippen LogP contribution < -0.4 is 5.32 Å².